The number of rotatable bonds is 4. The second-order valence-corrected chi connectivity index (χ2v) is 7.37. The minimum absolute atomic E-state index is 0.0958. The molecule has 0 fully saturated rings. The molecule has 3 aromatic rings. The zero-order valence-electron chi connectivity index (χ0n) is 14.2. The summed E-state index contributed by atoms with van der Waals surface area (Å²) in [7, 11) is 0. The summed E-state index contributed by atoms with van der Waals surface area (Å²) >= 11 is 7.04. The minimum atomic E-state index is -0.925. The lowest BCUT2D eigenvalue weighted by Gasteiger charge is -2.26. The Kier molecular flexibility index (Phi) is 4.70. The van der Waals surface area contributed by atoms with E-state index in [1.54, 1.807) is 29.6 Å². The summed E-state index contributed by atoms with van der Waals surface area (Å²) in [5.41, 5.74) is 0.826. The van der Waals surface area contributed by atoms with Gasteiger partial charge in [0.25, 0.3) is 5.91 Å². The van der Waals surface area contributed by atoms with E-state index in [0.717, 1.165) is 11.3 Å². The highest BCUT2D eigenvalue weighted by Gasteiger charge is 2.45. The van der Waals surface area contributed by atoms with Gasteiger partial charge in [0.15, 0.2) is 10.8 Å². The topological polar surface area (TPSA) is 70.5 Å². The van der Waals surface area contributed by atoms with Crippen molar-refractivity contribution in [3.63, 3.8) is 0 Å². The van der Waals surface area contributed by atoms with E-state index in [9.17, 15) is 19.1 Å². The Morgan fingerprint density at radius 3 is 2.43 bits per heavy atom. The lowest BCUT2D eigenvalue weighted by atomic mass is 9.96. The summed E-state index contributed by atoms with van der Waals surface area (Å²) in [6, 6.07) is 10.9. The highest BCUT2D eigenvalue weighted by Crippen LogP contribution is 2.42. The summed E-state index contributed by atoms with van der Waals surface area (Å²) in [6.07, 6.45) is 1.47. The van der Waals surface area contributed by atoms with Crippen LogP contribution in [-0.4, -0.2) is 21.8 Å². The number of carbonyl (C=O) groups is 2. The van der Waals surface area contributed by atoms with E-state index >= 15 is 0 Å². The van der Waals surface area contributed by atoms with Gasteiger partial charge in [-0.05, 0) is 42.0 Å². The molecule has 1 aliphatic heterocycles. The minimum Gasteiger partial charge on any atom is -0.503 e. The maximum atomic E-state index is 13.4. The lowest BCUT2D eigenvalue weighted by Crippen LogP contribution is -2.31. The van der Waals surface area contributed by atoms with Crippen LogP contribution in [0.15, 0.2) is 71.4 Å². The van der Waals surface area contributed by atoms with Crippen LogP contribution in [0.3, 0.4) is 0 Å². The van der Waals surface area contributed by atoms with Gasteiger partial charge in [-0.2, -0.15) is 0 Å². The monoisotopic (exact) mass is 414 g/mol. The summed E-state index contributed by atoms with van der Waals surface area (Å²) in [5, 5.41) is 12.8. The lowest BCUT2D eigenvalue weighted by molar-refractivity contribution is -0.117. The van der Waals surface area contributed by atoms with E-state index in [4.69, 9.17) is 11.6 Å². The summed E-state index contributed by atoms with van der Waals surface area (Å²) in [5.74, 6) is -2.38. The van der Waals surface area contributed by atoms with Gasteiger partial charge < -0.3 is 5.11 Å². The molecule has 0 bridgehead atoms. The van der Waals surface area contributed by atoms with Gasteiger partial charge in [-0.1, -0.05) is 23.7 Å². The number of halogens is 2. The number of amides is 1. The Balaban J connectivity index is 1.88. The fraction of sp³-hybridized carbons (Fsp3) is 0.0500. The van der Waals surface area contributed by atoms with Gasteiger partial charge in [-0.3, -0.25) is 14.5 Å². The number of hydrogen-bond acceptors (Lipinski definition) is 5. The number of ketones is 1. The molecule has 28 heavy (non-hydrogen) atoms. The summed E-state index contributed by atoms with van der Waals surface area (Å²) in [4.78, 5) is 31.1. The molecule has 2 aromatic carbocycles. The number of hydrogen-bond donors (Lipinski definition) is 1. The zero-order chi connectivity index (χ0) is 19.8. The first-order valence-electron chi connectivity index (χ1n) is 8.19. The first-order valence-corrected chi connectivity index (χ1v) is 9.45. The van der Waals surface area contributed by atoms with Crippen LogP contribution in [0.25, 0.3) is 0 Å². The van der Waals surface area contributed by atoms with Gasteiger partial charge in [-0.25, -0.2) is 9.37 Å². The predicted molar refractivity (Wildman–Crippen MR) is 104 cm³/mol. The molecular formula is C20H12ClFN2O3S. The van der Waals surface area contributed by atoms with Crippen molar-refractivity contribution in [1.29, 1.82) is 0 Å². The number of thiazole rings is 1. The van der Waals surface area contributed by atoms with Gasteiger partial charge in [0.05, 0.1) is 11.6 Å². The van der Waals surface area contributed by atoms with Crippen LogP contribution in [-0.2, 0) is 4.79 Å². The molecule has 1 N–H and O–H groups in total. The van der Waals surface area contributed by atoms with E-state index in [1.807, 2.05) is 0 Å². The standard InChI is InChI=1S/C20H12ClFN2O3S/c21-12-3-7-14(8-4-12)24-16(11-1-5-13(22)6-2-11)15(18(26)20(24)27)17(25)19-23-9-10-28-19/h1-10,16,26H. The molecule has 5 nitrogen and oxygen atoms in total. The number of anilines is 1. The molecule has 4 rings (SSSR count). The van der Waals surface area contributed by atoms with Crippen molar-refractivity contribution < 1.29 is 19.1 Å². The van der Waals surface area contributed by atoms with Crippen molar-refractivity contribution >= 4 is 40.3 Å². The fourth-order valence-corrected chi connectivity index (χ4v) is 3.83. The fourth-order valence-electron chi connectivity index (χ4n) is 3.12. The Bertz CT molecular complexity index is 1080. The van der Waals surface area contributed by atoms with Crippen molar-refractivity contribution in [2.75, 3.05) is 4.90 Å². The molecule has 1 aromatic heterocycles. The highest BCUT2D eigenvalue weighted by molar-refractivity contribution is 7.11. The largest absolute Gasteiger partial charge is 0.503 e. The zero-order valence-corrected chi connectivity index (χ0v) is 15.7. The third kappa shape index (κ3) is 3.08. The Hall–Kier alpha value is -3.03. The van der Waals surface area contributed by atoms with Crippen molar-refractivity contribution in [3.05, 3.63) is 92.9 Å². The molecule has 0 saturated carbocycles. The first kappa shape index (κ1) is 18.3. The molecule has 140 valence electrons. The van der Waals surface area contributed by atoms with Crippen LogP contribution in [0.4, 0.5) is 10.1 Å². The number of aliphatic hydroxyl groups excluding tert-OH is 1. The van der Waals surface area contributed by atoms with Crippen LogP contribution < -0.4 is 4.90 Å². The van der Waals surface area contributed by atoms with E-state index in [-0.39, 0.29) is 10.6 Å². The third-order valence-electron chi connectivity index (χ3n) is 4.37. The maximum absolute atomic E-state index is 13.4. The molecule has 0 spiro atoms. The number of Topliss-reactive ketones (excluding diaryl/α,β-unsaturated/α-hetero) is 1. The molecular weight excluding hydrogens is 403 g/mol. The van der Waals surface area contributed by atoms with Crippen molar-refractivity contribution in [3.8, 4) is 0 Å². The Morgan fingerprint density at radius 2 is 1.82 bits per heavy atom. The van der Waals surface area contributed by atoms with Crippen LogP contribution in [0.2, 0.25) is 5.02 Å². The van der Waals surface area contributed by atoms with Gasteiger partial charge in [0, 0.05) is 22.3 Å². The second kappa shape index (κ2) is 7.18. The third-order valence-corrected chi connectivity index (χ3v) is 5.39. The van der Waals surface area contributed by atoms with Crippen molar-refractivity contribution in [1.82, 2.24) is 4.98 Å². The smallest absolute Gasteiger partial charge is 0.294 e. The maximum Gasteiger partial charge on any atom is 0.294 e. The average Bonchev–Trinajstić information content (AvgIpc) is 3.31. The van der Waals surface area contributed by atoms with E-state index in [2.05, 4.69) is 4.98 Å². The van der Waals surface area contributed by atoms with Gasteiger partial charge >= 0.3 is 0 Å². The molecule has 1 amide bonds. The average molecular weight is 415 g/mol. The Labute approximate surface area is 168 Å². The highest BCUT2D eigenvalue weighted by atomic mass is 35.5. The van der Waals surface area contributed by atoms with Crippen LogP contribution in [0.5, 0.6) is 0 Å². The number of nitrogens with zero attached hydrogens (tertiary/aromatic N) is 2. The van der Waals surface area contributed by atoms with E-state index in [1.165, 1.54) is 35.4 Å². The SMILES string of the molecule is O=C(C1=C(O)C(=O)N(c2ccc(Cl)cc2)C1c1ccc(F)cc1)c1nccs1. The van der Waals surface area contributed by atoms with E-state index < -0.39 is 29.3 Å². The van der Waals surface area contributed by atoms with Crippen LogP contribution in [0, 0.1) is 5.82 Å². The number of benzene rings is 2. The van der Waals surface area contributed by atoms with Gasteiger partial charge in [0.1, 0.15) is 5.82 Å². The predicted octanol–water partition coefficient (Wildman–Crippen LogP) is 4.72. The second-order valence-electron chi connectivity index (χ2n) is 6.03. The van der Waals surface area contributed by atoms with Crippen molar-refractivity contribution in [2.24, 2.45) is 0 Å². The summed E-state index contributed by atoms with van der Waals surface area (Å²) < 4.78 is 13.4. The van der Waals surface area contributed by atoms with E-state index in [0.29, 0.717) is 16.3 Å². The molecule has 0 aliphatic carbocycles. The van der Waals surface area contributed by atoms with Crippen molar-refractivity contribution in [2.45, 2.75) is 6.04 Å². The molecule has 2 heterocycles. The number of carbonyl (C=O) groups excluding carboxylic acids is 2. The molecule has 0 saturated heterocycles. The van der Waals surface area contributed by atoms with Gasteiger partial charge in [-0.15, -0.1) is 11.3 Å². The first-order chi connectivity index (χ1) is 13.5. The quantitative estimate of drug-likeness (QED) is 0.627. The molecule has 0 radical (unpaired) electrons. The van der Waals surface area contributed by atoms with Gasteiger partial charge in [0.2, 0.25) is 5.78 Å². The van der Waals surface area contributed by atoms with Crippen LogP contribution in [0.1, 0.15) is 21.4 Å². The Morgan fingerprint density at radius 1 is 1.14 bits per heavy atom. The number of aliphatic hydroxyl groups is 1. The molecule has 1 aliphatic rings. The normalized spacial score (nSPS) is 16.7. The van der Waals surface area contributed by atoms with Crippen LogP contribution >= 0.6 is 22.9 Å². The number of aromatic nitrogens is 1. The molecule has 8 heteroatoms. The molecule has 1 atom stereocenters. The summed E-state index contributed by atoms with van der Waals surface area (Å²) in [6.45, 7) is 0. The molecule has 1 unspecified atom stereocenters.